The van der Waals surface area contributed by atoms with Crippen LogP contribution in [0.25, 0.3) is 0 Å². The molecule has 0 saturated carbocycles. The van der Waals surface area contributed by atoms with E-state index in [0.717, 1.165) is 5.56 Å². The molecule has 276 valence electrons. The van der Waals surface area contributed by atoms with E-state index in [1.54, 1.807) is 65.0 Å². The number of carbonyl (C=O) groups excluding carboxylic acids is 5. The highest BCUT2D eigenvalue weighted by molar-refractivity contribution is 5.92. The maximum absolute atomic E-state index is 13.5. The number of carboxylic acids is 1. The zero-order valence-corrected chi connectivity index (χ0v) is 30.0. The third-order valence-electron chi connectivity index (χ3n) is 7.99. The van der Waals surface area contributed by atoms with E-state index >= 15 is 0 Å². The lowest BCUT2D eigenvalue weighted by atomic mass is 9.95. The van der Waals surface area contributed by atoms with Crippen molar-refractivity contribution in [2.24, 2.45) is 17.8 Å². The van der Waals surface area contributed by atoms with Gasteiger partial charge in [0.25, 0.3) is 0 Å². The Balaban J connectivity index is 2.96. The zero-order valence-electron chi connectivity index (χ0n) is 30.0. The Bertz CT molecular complexity index is 1240. The van der Waals surface area contributed by atoms with Crippen LogP contribution in [-0.2, 0) is 35.2 Å². The molecule has 7 atom stereocenters. The standard InChI is InChI=1S/C35H57N5O9/c1-9-28(43)39-31(20(4)5)35(49)40-32(21(6)7)34(48)38-24(15-19(2)3)26(41)17-29(44)36-22(8)33(47)37-25(27(42)18-30(45)46)16-23-13-11-10-12-14-23/h10-14,19-22,24-27,31-32,41-42H,9,15-18H2,1-8H3,(H,36,44)(H,37,47)(H,38,48)(H,39,43)(H,40,49)(H,45,46). The SMILES string of the molecule is CCC(=O)NC(C(=O)NC(C(=O)NC(CC(C)C)C(O)CC(=O)NC(C)C(=O)NC(Cc1ccccc1)C(O)CC(=O)O)C(C)C)C(C)C. The molecule has 14 heteroatoms. The average molecular weight is 692 g/mol. The molecule has 8 N–H and O–H groups in total. The van der Waals surface area contributed by atoms with Crippen LogP contribution in [0.4, 0.5) is 0 Å². The summed E-state index contributed by atoms with van der Waals surface area (Å²) in [5, 5.41) is 44.1. The Labute approximate surface area is 289 Å². The summed E-state index contributed by atoms with van der Waals surface area (Å²) in [5.74, 6) is -4.53. The van der Waals surface area contributed by atoms with Gasteiger partial charge in [-0.1, -0.05) is 78.8 Å². The molecule has 1 aromatic carbocycles. The van der Waals surface area contributed by atoms with E-state index in [1.165, 1.54) is 6.92 Å². The summed E-state index contributed by atoms with van der Waals surface area (Å²) in [6.07, 6.45) is -3.14. The van der Waals surface area contributed by atoms with E-state index in [9.17, 15) is 39.0 Å². The van der Waals surface area contributed by atoms with Crippen LogP contribution in [-0.4, -0.2) is 93.2 Å². The van der Waals surface area contributed by atoms with Crippen molar-refractivity contribution in [1.82, 2.24) is 26.6 Å². The first-order chi connectivity index (χ1) is 22.9. The number of benzene rings is 1. The summed E-state index contributed by atoms with van der Waals surface area (Å²) in [4.78, 5) is 75.8. The molecule has 0 spiro atoms. The van der Waals surface area contributed by atoms with E-state index in [2.05, 4.69) is 26.6 Å². The number of aliphatic hydroxyl groups excluding tert-OH is 2. The Kier molecular flexibility index (Phi) is 18.5. The zero-order chi connectivity index (χ0) is 37.4. The summed E-state index contributed by atoms with van der Waals surface area (Å²) < 4.78 is 0. The normalized spacial score (nSPS) is 15.7. The minimum atomic E-state index is -1.39. The van der Waals surface area contributed by atoms with Gasteiger partial charge in [0.2, 0.25) is 29.5 Å². The second kappa shape index (κ2) is 21.1. The van der Waals surface area contributed by atoms with Crippen molar-refractivity contribution in [3.63, 3.8) is 0 Å². The van der Waals surface area contributed by atoms with Crippen LogP contribution < -0.4 is 26.6 Å². The number of hydrogen-bond acceptors (Lipinski definition) is 8. The Morgan fingerprint density at radius 3 is 1.65 bits per heavy atom. The first-order valence-electron chi connectivity index (χ1n) is 17.0. The number of carboxylic acid groups (broad SMARTS) is 1. The average Bonchev–Trinajstić information content (AvgIpc) is 3.00. The molecule has 0 saturated heterocycles. The molecule has 5 amide bonds. The van der Waals surface area contributed by atoms with Gasteiger partial charge in [-0.15, -0.1) is 0 Å². The van der Waals surface area contributed by atoms with Crippen molar-refractivity contribution in [1.29, 1.82) is 0 Å². The van der Waals surface area contributed by atoms with Gasteiger partial charge in [-0.3, -0.25) is 28.8 Å². The van der Waals surface area contributed by atoms with E-state index in [4.69, 9.17) is 5.11 Å². The van der Waals surface area contributed by atoms with Crippen molar-refractivity contribution in [2.75, 3.05) is 0 Å². The molecule has 49 heavy (non-hydrogen) atoms. The van der Waals surface area contributed by atoms with Gasteiger partial charge in [0.15, 0.2) is 0 Å². The molecular formula is C35H57N5O9. The van der Waals surface area contributed by atoms with Crippen LogP contribution in [0.5, 0.6) is 0 Å². The predicted octanol–water partition coefficient (Wildman–Crippen LogP) is 1.03. The van der Waals surface area contributed by atoms with Crippen LogP contribution in [0.1, 0.15) is 86.6 Å². The Hall–Kier alpha value is -4.04. The minimum absolute atomic E-state index is 0.00755. The quantitative estimate of drug-likeness (QED) is 0.0921. The lowest BCUT2D eigenvalue weighted by Gasteiger charge is -2.31. The van der Waals surface area contributed by atoms with Gasteiger partial charge in [-0.2, -0.15) is 0 Å². The fourth-order valence-corrected chi connectivity index (χ4v) is 5.16. The van der Waals surface area contributed by atoms with Crippen LogP contribution in [0.2, 0.25) is 0 Å². The minimum Gasteiger partial charge on any atom is -0.481 e. The number of nitrogens with one attached hydrogen (secondary N) is 5. The summed E-state index contributed by atoms with van der Waals surface area (Å²) in [5.41, 5.74) is 0.762. The first kappa shape index (κ1) is 43.0. The van der Waals surface area contributed by atoms with Crippen molar-refractivity contribution in [2.45, 2.75) is 130 Å². The van der Waals surface area contributed by atoms with Gasteiger partial charge in [-0.25, -0.2) is 0 Å². The van der Waals surface area contributed by atoms with Crippen molar-refractivity contribution >= 4 is 35.5 Å². The highest BCUT2D eigenvalue weighted by atomic mass is 16.4. The van der Waals surface area contributed by atoms with Crippen LogP contribution in [0.15, 0.2) is 30.3 Å². The van der Waals surface area contributed by atoms with Gasteiger partial charge >= 0.3 is 5.97 Å². The first-order valence-corrected chi connectivity index (χ1v) is 17.0. The number of aliphatic carboxylic acids is 1. The van der Waals surface area contributed by atoms with Crippen LogP contribution >= 0.6 is 0 Å². The summed E-state index contributed by atoms with van der Waals surface area (Å²) >= 11 is 0. The predicted molar refractivity (Wildman–Crippen MR) is 184 cm³/mol. The molecule has 0 bridgehead atoms. The number of carbonyl (C=O) groups is 6. The van der Waals surface area contributed by atoms with E-state index in [1.807, 2.05) is 13.8 Å². The van der Waals surface area contributed by atoms with Gasteiger partial charge in [0.05, 0.1) is 37.1 Å². The topological polar surface area (TPSA) is 223 Å². The second-order valence-electron chi connectivity index (χ2n) is 13.6. The lowest BCUT2D eigenvalue weighted by molar-refractivity contribution is -0.140. The van der Waals surface area contributed by atoms with Crippen molar-refractivity contribution in [3.8, 4) is 0 Å². The molecule has 7 unspecified atom stereocenters. The largest absolute Gasteiger partial charge is 0.481 e. The van der Waals surface area contributed by atoms with Crippen LogP contribution in [0, 0.1) is 17.8 Å². The number of aliphatic hydroxyl groups is 2. The smallest absolute Gasteiger partial charge is 0.306 e. The van der Waals surface area contributed by atoms with Crippen LogP contribution in [0.3, 0.4) is 0 Å². The number of hydrogen-bond donors (Lipinski definition) is 8. The second-order valence-corrected chi connectivity index (χ2v) is 13.6. The molecule has 0 radical (unpaired) electrons. The van der Waals surface area contributed by atoms with Gasteiger partial charge in [0, 0.05) is 6.42 Å². The lowest BCUT2D eigenvalue weighted by Crippen LogP contribution is -2.59. The molecule has 0 aliphatic heterocycles. The van der Waals surface area contributed by atoms with Gasteiger partial charge in [0.1, 0.15) is 18.1 Å². The highest BCUT2D eigenvalue weighted by Crippen LogP contribution is 2.14. The number of rotatable bonds is 21. The van der Waals surface area contributed by atoms with Crippen molar-refractivity contribution in [3.05, 3.63) is 35.9 Å². The molecule has 1 rings (SSSR count). The molecule has 0 heterocycles. The van der Waals surface area contributed by atoms with Gasteiger partial charge < -0.3 is 41.9 Å². The third kappa shape index (κ3) is 15.8. The fourth-order valence-electron chi connectivity index (χ4n) is 5.16. The van der Waals surface area contributed by atoms with Gasteiger partial charge in [-0.05, 0) is 43.1 Å². The third-order valence-corrected chi connectivity index (χ3v) is 7.99. The molecule has 0 aliphatic rings. The number of amides is 5. The molecule has 0 fully saturated rings. The Morgan fingerprint density at radius 2 is 1.14 bits per heavy atom. The summed E-state index contributed by atoms with van der Waals surface area (Å²) in [7, 11) is 0. The highest BCUT2D eigenvalue weighted by Gasteiger charge is 2.33. The fraction of sp³-hybridized carbons (Fsp3) is 0.657. The molecule has 0 aromatic heterocycles. The Morgan fingerprint density at radius 1 is 0.633 bits per heavy atom. The molecular weight excluding hydrogens is 634 g/mol. The summed E-state index contributed by atoms with van der Waals surface area (Å²) in [6.45, 7) is 13.9. The summed E-state index contributed by atoms with van der Waals surface area (Å²) in [6, 6.07) is 4.13. The molecule has 0 aliphatic carbocycles. The molecule has 1 aromatic rings. The van der Waals surface area contributed by atoms with E-state index in [-0.39, 0.29) is 36.5 Å². The molecule has 14 nitrogen and oxygen atoms in total. The van der Waals surface area contributed by atoms with Crippen molar-refractivity contribution < 1.29 is 44.1 Å². The van der Waals surface area contributed by atoms with E-state index in [0.29, 0.717) is 6.42 Å². The maximum atomic E-state index is 13.5. The maximum Gasteiger partial charge on any atom is 0.306 e. The monoisotopic (exact) mass is 691 g/mol. The van der Waals surface area contributed by atoms with E-state index < -0.39 is 84.9 Å².